The molecule has 0 aliphatic rings. The average molecular weight is 283 g/mol. The smallest absolute Gasteiger partial charge is 0.343 e. The van der Waals surface area contributed by atoms with E-state index in [9.17, 15) is 4.79 Å². The van der Waals surface area contributed by atoms with E-state index >= 15 is 0 Å². The van der Waals surface area contributed by atoms with Crippen molar-refractivity contribution in [2.75, 3.05) is 11.9 Å². The number of thiazole rings is 1. The van der Waals surface area contributed by atoms with E-state index in [0.717, 1.165) is 10.7 Å². The molecule has 0 aliphatic carbocycles. The second-order valence-electron chi connectivity index (χ2n) is 3.53. The highest BCUT2D eigenvalue weighted by Crippen LogP contribution is 2.25. The van der Waals surface area contributed by atoms with Crippen molar-refractivity contribution in [3.63, 3.8) is 0 Å². The van der Waals surface area contributed by atoms with Crippen molar-refractivity contribution in [1.29, 1.82) is 0 Å². The van der Waals surface area contributed by atoms with Crippen LogP contribution in [0.25, 0.3) is 0 Å². The summed E-state index contributed by atoms with van der Waals surface area (Å²) in [6.45, 7) is 4.53. The summed E-state index contributed by atoms with van der Waals surface area (Å²) in [5.74, 6) is -0.329. The third kappa shape index (κ3) is 2.85. The van der Waals surface area contributed by atoms with Gasteiger partial charge in [-0.1, -0.05) is 0 Å². The molecule has 0 spiro atoms. The summed E-state index contributed by atoms with van der Waals surface area (Å²) in [4.78, 5) is 16.0. The molecule has 0 aromatic carbocycles. The van der Waals surface area contributed by atoms with E-state index in [0.29, 0.717) is 24.4 Å². The number of esters is 1. The molecule has 2 heterocycles. The van der Waals surface area contributed by atoms with Crippen LogP contribution in [0.4, 0.5) is 5.00 Å². The lowest BCUT2D eigenvalue weighted by atomic mass is 10.2. The standard InChI is InChI=1S/C11H13N3O2S2/c1-3-16-11(15)9-7(2)14-18-10(9)12-4-8-5-17-6-13-8/h5-6,12H,3-4H2,1-2H3. The van der Waals surface area contributed by atoms with Gasteiger partial charge < -0.3 is 10.1 Å². The Morgan fingerprint density at radius 3 is 3.06 bits per heavy atom. The average Bonchev–Trinajstić information content (AvgIpc) is 2.96. The van der Waals surface area contributed by atoms with Gasteiger partial charge in [-0.25, -0.2) is 9.78 Å². The summed E-state index contributed by atoms with van der Waals surface area (Å²) in [5.41, 5.74) is 3.94. The van der Waals surface area contributed by atoms with E-state index in [1.54, 1.807) is 30.7 Å². The molecule has 0 saturated carbocycles. The van der Waals surface area contributed by atoms with Gasteiger partial charge in [0.2, 0.25) is 0 Å². The first-order valence-electron chi connectivity index (χ1n) is 5.46. The van der Waals surface area contributed by atoms with E-state index in [1.165, 1.54) is 11.5 Å². The van der Waals surface area contributed by atoms with E-state index in [2.05, 4.69) is 14.7 Å². The molecule has 2 aromatic rings. The van der Waals surface area contributed by atoms with E-state index in [-0.39, 0.29) is 5.97 Å². The topological polar surface area (TPSA) is 64.1 Å². The van der Waals surface area contributed by atoms with Crippen molar-refractivity contribution < 1.29 is 9.53 Å². The molecule has 0 aliphatic heterocycles. The second-order valence-corrected chi connectivity index (χ2v) is 5.02. The quantitative estimate of drug-likeness (QED) is 0.855. The van der Waals surface area contributed by atoms with Gasteiger partial charge in [-0.05, 0) is 25.4 Å². The minimum atomic E-state index is -0.329. The van der Waals surface area contributed by atoms with Crippen molar-refractivity contribution in [3.8, 4) is 0 Å². The van der Waals surface area contributed by atoms with Crippen LogP contribution in [0.1, 0.15) is 28.7 Å². The Labute approximate surface area is 113 Å². The molecule has 0 bridgehead atoms. The third-order valence-electron chi connectivity index (χ3n) is 2.26. The Morgan fingerprint density at radius 1 is 1.56 bits per heavy atom. The van der Waals surface area contributed by atoms with Gasteiger partial charge in [-0.3, -0.25) is 0 Å². The maximum Gasteiger partial charge on any atom is 0.343 e. The lowest BCUT2D eigenvalue weighted by Crippen LogP contribution is -2.09. The maximum absolute atomic E-state index is 11.8. The molecule has 2 rings (SSSR count). The number of aryl methyl sites for hydroxylation is 1. The SMILES string of the molecule is CCOC(=O)c1c(C)nsc1NCc1cscn1. The van der Waals surface area contributed by atoms with Gasteiger partial charge in [0.25, 0.3) is 0 Å². The molecule has 0 unspecified atom stereocenters. The van der Waals surface area contributed by atoms with E-state index < -0.39 is 0 Å². The maximum atomic E-state index is 11.8. The predicted octanol–water partition coefficient (Wildman–Crippen LogP) is 2.70. The molecular weight excluding hydrogens is 270 g/mol. The predicted molar refractivity (Wildman–Crippen MR) is 72.2 cm³/mol. The zero-order valence-electron chi connectivity index (χ0n) is 10.1. The van der Waals surface area contributed by atoms with Gasteiger partial charge in [-0.15, -0.1) is 11.3 Å². The van der Waals surface area contributed by atoms with Crippen LogP contribution in [0.5, 0.6) is 0 Å². The van der Waals surface area contributed by atoms with Crippen LogP contribution >= 0.6 is 22.9 Å². The number of hydrogen-bond acceptors (Lipinski definition) is 7. The highest BCUT2D eigenvalue weighted by molar-refractivity contribution is 7.10. The monoisotopic (exact) mass is 283 g/mol. The van der Waals surface area contributed by atoms with Crippen LogP contribution in [0, 0.1) is 6.92 Å². The Hall–Kier alpha value is -1.47. The van der Waals surface area contributed by atoms with Gasteiger partial charge in [0, 0.05) is 5.38 Å². The van der Waals surface area contributed by atoms with Crippen molar-refractivity contribution in [2.45, 2.75) is 20.4 Å². The number of carbonyl (C=O) groups excluding carboxylic acids is 1. The van der Waals surface area contributed by atoms with Crippen LogP contribution in [0.15, 0.2) is 10.9 Å². The molecular formula is C11H13N3O2S2. The van der Waals surface area contributed by atoms with Crippen molar-refractivity contribution in [3.05, 3.63) is 27.8 Å². The highest BCUT2D eigenvalue weighted by atomic mass is 32.1. The van der Waals surface area contributed by atoms with Gasteiger partial charge >= 0.3 is 5.97 Å². The number of aromatic nitrogens is 2. The Kier molecular flexibility index (Phi) is 4.27. The summed E-state index contributed by atoms with van der Waals surface area (Å²) < 4.78 is 9.20. The fourth-order valence-electron chi connectivity index (χ4n) is 1.43. The van der Waals surface area contributed by atoms with Gasteiger partial charge in [-0.2, -0.15) is 4.37 Å². The van der Waals surface area contributed by atoms with E-state index in [4.69, 9.17) is 4.74 Å². The fourth-order valence-corrected chi connectivity index (χ4v) is 2.77. The van der Waals surface area contributed by atoms with Crippen LogP contribution in [0.2, 0.25) is 0 Å². The van der Waals surface area contributed by atoms with Gasteiger partial charge in [0.15, 0.2) is 0 Å². The summed E-state index contributed by atoms with van der Waals surface area (Å²) >= 11 is 2.81. The molecule has 7 heteroatoms. The molecule has 2 aromatic heterocycles. The molecule has 0 amide bonds. The molecule has 0 radical (unpaired) electrons. The zero-order chi connectivity index (χ0) is 13.0. The van der Waals surface area contributed by atoms with Crippen LogP contribution in [-0.2, 0) is 11.3 Å². The Bertz CT molecular complexity index is 522. The van der Waals surface area contributed by atoms with Crippen LogP contribution < -0.4 is 5.32 Å². The summed E-state index contributed by atoms with van der Waals surface area (Å²) in [6, 6.07) is 0. The minimum absolute atomic E-state index is 0.329. The summed E-state index contributed by atoms with van der Waals surface area (Å²) in [5, 5.41) is 5.87. The largest absolute Gasteiger partial charge is 0.462 e. The number of nitrogens with one attached hydrogen (secondary N) is 1. The van der Waals surface area contributed by atoms with Crippen molar-refractivity contribution in [1.82, 2.24) is 9.36 Å². The number of anilines is 1. The number of hydrogen-bond donors (Lipinski definition) is 1. The number of nitrogens with zero attached hydrogens (tertiary/aromatic N) is 2. The fraction of sp³-hybridized carbons (Fsp3) is 0.364. The van der Waals surface area contributed by atoms with Crippen molar-refractivity contribution in [2.24, 2.45) is 0 Å². The number of carbonyl (C=O) groups is 1. The van der Waals surface area contributed by atoms with Gasteiger partial charge in [0.05, 0.1) is 30.1 Å². The lowest BCUT2D eigenvalue weighted by Gasteiger charge is -2.05. The Balaban J connectivity index is 2.10. The molecule has 1 N–H and O–H groups in total. The lowest BCUT2D eigenvalue weighted by molar-refractivity contribution is 0.0527. The van der Waals surface area contributed by atoms with Crippen LogP contribution in [-0.4, -0.2) is 21.9 Å². The second kappa shape index (κ2) is 5.92. The zero-order valence-corrected chi connectivity index (χ0v) is 11.7. The highest BCUT2D eigenvalue weighted by Gasteiger charge is 2.19. The van der Waals surface area contributed by atoms with Gasteiger partial charge in [0.1, 0.15) is 10.6 Å². The van der Waals surface area contributed by atoms with Crippen molar-refractivity contribution >= 4 is 33.8 Å². The molecule has 18 heavy (non-hydrogen) atoms. The Morgan fingerprint density at radius 2 is 2.39 bits per heavy atom. The van der Waals surface area contributed by atoms with E-state index in [1.807, 2.05) is 5.38 Å². The normalized spacial score (nSPS) is 10.3. The van der Waals surface area contributed by atoms with Crippen LogP contribution in [0.3, 0.4) is 0 Å². The third-order valence-corrected chi connectivity index (χ3v) is 3.79. The molecule has 5 nitrogen and oxygen atoms in total. The first-order valence-corrected chi connectivity index (χ1v) is 7.18. The number of rotatable bonds is 5. The first kappa shape index (κ1) is 13.0. The molecule has 96 valence electrons. The molecule has 0 saturated heterocycles. The molecule has 0 atom stereocenters. The number of ether oxygens (including phenoxy) is 1. The molecule has 0 fully saturated rings. The summed E-state index contributed by atoms with van der Waals surface area (Å²) in [7, 11) is 0. The summed E-state index contributed by atoms with van der Waals surface area (Å²) in [6.07, 6.45) is 0. The minimum Gasteiger partial charge on any atom is -0.462 e. The first-order chi connectivity index (χ1) is 8.72.